The lowest BCUT2D eigenvalue weighted by molar-refractivity contribution is -0.122. The number of benzene rings is 1. The first-order valence-electron chi connectivity index (χ1n) is 6.94. The molecule has 0 radical (unpaired) electrons. The third-order valence-corrected chi connectivity index (χ3v) is 3.87. The van der Waals surface area contributed by atoms with Crippen LogP contribution in [-0.4, -0.2) is 19.0 Å². The van der Waals surface area contributed by atoms with Crippen molar-refractivity contribution in [3.05, 3.63) is 34.9 Å². The van der Waals surface area contributed by atoms with Crippen molar-refractivity contribution >= 4 is 29.9 Å². The molecule has 1 heterocycles. The molecule has 0 spiro atoms. The third-order valence-electron chi connectivity index (χ3n) is 3.63. The van der Waals surface area contributed by atoms with E-state index < -0.39 is 0 Å². The van der Waals surface area contributed by atoms with Gasteiger partial charge in [0.15, 0.2) is 0 Å². The Balaban J connectivity index is 0.00000200. The smallest absolute Gasteiger partial charge is 0.220 e. The minimum absolute atomic E-state index is 0. The molecule has 1 aliphatic heterocycles. The predicted molar refractivity (Wildman–Crippen MR) is 85.5 cm³/mol. The van der Waals surface area contributed by atoms with Crippen LogP contribution in [0.1, 0.15) is 37.8 Å². The second-order valence-electron chi connectivity index (χ2n) is 5.15. The molecule has 1 amide bonds. The Kier molecular flexibility index (Phi) is 7.35. The molecule has 2 unspecified atom stereocenters. The first kappa shape index (κ1) is 17.3. The Morgan fingerprint density at radius 3 is 2.95 bits per heavy atom. The number of rotatable bonds is 5. The molecular weight excluding hydrogens is 295 g/mol. The summed E-state index contributed by atoms with van der Waals surface area (Å²) in [5.74, 6) is 0.623. The minimum Gasteiger partial charge on any atom is -0.349 e. The first-order valence-corrected chi connectivity index (χ1v) is 7.32. The zero-order valence-electron chi connectivity index (χ0n) is 11.7. The highest BCUT2D eigenvalue weighted by atomic mass is 35.5. The van der Waals surface area contributed by atoms with Gasteiger partial charge in [0.05, 0.1) is 6.04 Å². The fraction of sp³-hybridized carbons (Fsp3) is 0.533. The summed E-state index contributed by atoms with van der Waals surface area (Å²) in [6, 6.07) is 7.77. The molecular formula is C15H22Cl2N2O. The maximum Gasteiger partial charge on any atom is 0.220 e. The van der Waals surface area contributed by atoms with Crippen LogP contribution in [0.3, 0.4) is 0 Å². The van der Waals surface area contributed by atoms with Crippen molar-refractivity contribution in [2.24, 2.45) is 5.92 Å². The van der Waals surface area contributed by atoms with Gasteiger partial charge in [0.2, 0.25) is 5.91 Å². The van der Waals surface area contributed by atoms with Gasteiger partial charge in [-0.15, -0.1) is 12.4 Å². The molecule has 3 nitrogen and oxygen atoms in total. The SMILES string of the molecule is CCC(NC(=O)CC1CCNC1)c1cccc(Cl)c1.Cl. The molecule has 2 atom stereocenters. The van der Waals surface area contributed by atoms with Crippen molar-refractivity contribution in [1.82, 2.24) is 10.6 Å². The summed E-state index contributed by atoms with van der Waals surface area (Å²) < 4.78 is 0. The molecule has 1 saturated heterocycles. The molecule has 1 aromatic carbocycles. The molecule has 0 bridgehead atoms. The fourth-order valence-electron chi connectivity index (χ4n) is 2.55. The van der Waals surface area contributed by atoms with Crippen LogP contribution in [0.5, 0.6) is 0 Å². The van der Waals surface area contributed by atoms with Crippen molar-refractivity contribution in [3.8, 4) is 0 Å². The van der Waals surface area contributed by atoms with E-state index in [1.165, 1.54) is 0 Å². The number of halogens is 2. The minimum atomic E-state index is 0. The van der Waals surface area contributed by atoms with E-state index in [9.17, 15) is 4.79 Å². The van der Waals surface area contributed by atoms with Crippen molar-refractivity contribution in [2.45, 2.75) is 32.2 Å². The van der Waals surface area contributed by atoms with Gasteiger partial charge in [-0.3, -0.25) is 4.79 Å². The van der Waals surface area contributed by atoms with E-state index in [0.717, 1.165) is 31.5 Å². The van der Waals surface area contributed by atoms with E-state index in [0.29, 0.717) is 17.4 Å². The highest BCUT2D eigenvalue weighted by Gasteiger charge is 2.20. The number of hydrogen-bond donors (Lipinski definition) is 2. The Hall–Kier alpha value is -0.770. The van der Waals surface area contributed by atoms with E-state index >= 15 is 0 Å². The van der Waals surface area contributed by atoms with Crippen LogP contribution in [0.2, 0.25) is 5.02 Å². The summed E-state index contributed by atoms with van der Waals surface area (Å²) in [4.78, 5) is 12.1. The lowest BCUT2D eigenvalue weighted by Gasteiger charge is -2.19. The summed E-state index contributed by atoms with van der Waals surface area (Å²) in [7, 11) is 0. The quantitative estimate of drug-likeness (QED) is 0.874. The summed E-state index contributed by atoms with van der Waals surface area (Å²) in [6.07, 6.45) is 2.58. The summed E-state index contributed by atoms with van der Waals surface area (Å²) in [6.45, 7) is 4.06. The molecule has 1 aromatic rings. The van der Waals surface area contributed by atoms with E-state index in [1.807, 2.05) is 24.3 Å². The van der Waals surface area contributed by atoms with Crippen molar-refractivity contribution in [3.63, 3.8) is 0 Å². The predicted octanol–water partition coefficient (Wildman–Crippen LogP) is 3.33. The summed E-state index contributed by atoms with van der Waals surface area (Å²) >= 11 is 6.00. The first-order chi connectivity index (χ1) is 9.19. The van der Waals surface area contributed by atoms with Gasteiger partial charge in [-0.25, -0.2) is 0 Å². The monoisotopic (exact) mass is 316 g/mol. The summed E-state index contributed by atoms with van der Waals surface area (Å²) in [5, 5.41) is 7.11. The van der Waals surface area contributed by atoms with Gasteiger partial charge in [-0.2, -0.15) is 0 Å². The van der Waals surface area contributed by atoms with E-state index in [4.69, 9.17) is 11.6 Å². The van der Waals surface area contributed by atoms with Gasteiger partial charge in [0, 0.05) is 11.4 Å². The highest BCUT2D eigenvalue weighted by molar-refractivity contribution is 6.30. The molecule has 2 N–H and O–H groups in total. The Morgan fingerprint density at radius 2 is 2.35 bits per heavy atom. The van der Waals surface area contributed by atoms with Crippen LogP contribution in [0.4, 0.5) is 0 Å². The number of nitrogens with one attached hydrogen (secondary N) is 2. The van der Waals surface area contributed by atoms with Crippen LogP contribution >= 0.6 is 24.0 Å². The van der Waals surface area contributed by atoms with Crippen molar-refractivity contribution < 1.29 is 4.79 Å². The number of amides is 1. The van der Waals surface area contributed by atoms with Gasteiger partial charge in [-0.05, 0) is 49.5 Å². The van der Waals surface area contributed by atoms with Crippen molar-refractivity contribution in [2.75, 3.05) is 13.1 Å². The normalized spacial score (nSPS) is 19.2. The van der Waals surface area contributed by atoms with Gasteiger partial charge in [0.25, 0.3) is 0 Å². The maximum absolute atomic E-state index is 12.1. The zero-order valence-corrected chi connectivity index (χ0v) is 13.3. The number of carbonyl (C=O) groups is 1. The molecule has 1 fully saturated rings. The largest absolute Gasteiger partial charge is 0.349 e. The van der Waals surface area contributed by atoms with Gasteiger partial charge in [-0.1, -0.05) is 30.7 Å². The zero-order chi connectivity index (χ0) is 13.7. The summed E-state index contributed by atoms with van der Waals surface area (Å²) in [5.41, 5.74) is 1.08. The van der Waals surface area contributed by atoms with E-state index in [1.54, 1.807) is 0 Å². The Labute approximate surface area is 131 Å². The molecule has 112 valence electrons. The lowest BCUT2D eigenvalue weighted by Crippen LogP contribution is -2.30. The molecule has 0 saturated carbocycles. The number of carbonyl (C=O) groups excluding carboxylic acids is 1. The van der Waals surface area contributed by atoms with Crippen LogP contribution in [-0.2, 0) is 4.79 Å². The molecule has 0 aromatic heterocycles. The average molecular weight is 317 g/mol. The third kappa shape index (κ3) is 4.97. The average Bonchev–Trinajstić information content (AvgIpc) is 2.88. The maximum atomic E-state index is 12.1. The lowest BCUT2D eigenvalue weighted by atomic mass is 10.0. The standard InChI is InChI=1S/C15H21ClN2O.ClH/c1-2-14(12-4-3-5-13(16)9-12)18-15(19)8-11-6-7-17-10-11;/h3-5,9,11,14,17H,2,6-8,10H2,1H3,(H,18,19);1H. The van der Waals surface area contributed by atoms with Gasteiger partial charge < -0.3 is 10.6 Å². The molecule has 5 heteroatoms. The molecule has 0 aliphatic carbocycles. The Bertz CT molecular complexity index is 434. The highest BCUT2D eigenvalue weighted by Crippen LogP contribution is 2.21. The van der Waals surface area contributed by atoms with Gasteiger partial charge in [0.1, 0.15) is 0 Å². The van der Waals surface area contributed by atoms with Crippen LogP contribution < -0.4 is 10.6 Å². The molecule has 20 heavy (non-hydrogen) atoms. The van der Waals surface area contributed by atoms with Gasteiger partial charge >= 0.3 is 0 Å². The second kappa shape index (κ2) is 8.50. The second-order valence-corrected chi connectivity index (χ2v) is 5.58. The topological polar surface area (TPSA) is 41.1 Å². The number of hydrogen-bond acceptors (Lipinski definition) is 2. The molecule has 1 aliphatic rings. The van der Waals surface area contributed by atoms with E-state index in [-0.39, 0.29) is 24.4 Å². The Morgan fingerprint density at radius 1 is 1.55 bits per heavy atom. The van der Waals surface area contributed by atoms with Crippen molar-refractivity contribution in [1.29, 1.82) is 0 Å². The van der Waals surface area contributed by atoms with Crippen LogP contribution in [0, 0.1) is 5.92 Å². The van der Waals surface area contributed by atoms with Crippen LogP contribution in [0.25, 0.3) is 0 Å². The molecule has 2 rings (SSSR count). The van der Waals surface area contributed by atoms with E-state index in [2.05, 4.69) is 17.6 Å². The van der Waals surface area contributed by atoms with Crippen LogP contribution in [0.15, 0.2) is 24.3 Å². The fourth-order valence-corrected chi connectivity index (χ4v) is 2.75.